The van der Waals surface area contributed by atoms with Crippen molar-refractivity contribution in [2.75, 3.05) is 26.1 Å². The maximum absolute atomic E-state index is 12.6. The summed E-state index contributed by atoms with van der Waals surface area (Å²) in [5.41, 5.74) is 0.0737. The van der Waals surface area contributed by atoms with E-state index in [0.717, 1.165) is 0 Å². The zero-order chi connectivity index (χ0) is 18.6. The molecule has 0 spiro atoms. The Bertz CT molecular complexity index is 897. The molecule has 0 radical (unpaired) electrons. The Labute approximate surface area is 150 Å². The van der Waals surface area contributed by atoms with Crippen molar-refractivity contribution < 1.29 is 27.4 Å². The summed E-state index contributed by atoms with van der Waals surface area (Å²) in [5.74, 6) is 0.0283. The van der Waals surface area contributed by atoms with Gasteiger partial charge in [-0.25, -0.2) is 13.2 Å². The quantitative estimate of drug-likeness (QED) is 0.769. The first-order valence-corrected chi connectivity index (χ1v) is 8.81. The van der Waals surface area contributed by atoms with Crippen LogP contribution in [0, 0.1) is 0 Å². The van der Waals surface area contributed by atoms with E-state index in [-0.39, 0.29) is 21.2 Å². The summed E-state index contributed by atoms with van der Waals surface area (Å²) >= 11 is 5.97. The first-order valence-electron chi connectivity index (χ1n) is 6.95. The lowest BCUT2D eigenvalue weighted by Crippen LogP contribution is -2.16. The Kier molecular flexibility index (Phi) is 5.76. The molecule has 0 aliphatic carbocycles. The summed E-state index contributed by atoms with van der Waals surface area (Å²) in [6, 6.07) is 8.34. The maximum atomic E-state index is 12.6. The lowest BCUT2D eigenvalue weighted by molar-refractivity contribution is 0.0601. The van der Waals surface area contributed by atoms with Crippen molar-refractivity contribution in [2.24, 2.45) is 0 Å². The van der Waals surface area contributed by atoms with Gasteiger partial charge in [-0.15, -0.1) is 0 Å². The second-order valence-corrected chi connectivity index (χ2v) is 6.89. The molecule has 0 unspecified atom stereocenters. The van der Waals surface area contributed by atoms with Crippen LogP contribution >= 0.6 is 11.6 Å². The fourth-order valence-corrected chi connectivity index (χ4v) is 3.46. The van der Waals surface area contributed by atoms with Gasteiger partial charge in [-0.05, 0) is 36.4 Å². The van der Waals surface area contributed by atoms with E-state index in [2.05, 4.69) is 9.46 Å². The molecule has 0 aliphatic heterocycles. The van der Waals surface area contributed by atoms with Crippen LogP contribution in [0.1, 0.15) is 10.4 Å². The third-order valence-electron chi connectivity index (χ3n) is 3.31. The molecule has 2 aromatic rings. The molecule has 0 aliphatic rings. The number of halogens is 1. The van der Waals surface area contributed by atoms with Crippen LogP contribution in [0.3, 0.4) is 0 Å². The number of anilines is 1. The average Bonchev–Trinajstić information content (AvgIpc) is 2.61. The molecule has 2 rings (SSSR count). The summed E-state index contributed by atoms with van der Waals surface area (Å²) in [6.45, 7) is 0. The maximum Gasteiger partial charge on any atom is 0.340 e. The molecular weight excluding hydrogens is 370 g/mol. The van der Waals surface area contributed by atoms with Crippen LogP contribution in [0.4, 0.5) is 5.69 Å². The molecule has 0 aromatic heterocycles. The van der Waals surface area contributed by atoms with E-state index in [4.69, 9.17) is 21.1 Å². The lowest BCUT2D eigenvalue weighted by Gasteiger charge is -2.13. The van der Waals surface area contributed by atoms with Gasteiger partial charge < -0.3 is 14.2 Å². The SMILES string of the molecule is COC(=O)c1cc(OC)ccc1NS(=O)(=O)c1ccc(OC)c(Cl)c1. The highest BCUT2D eigenvalue weighted by Crippen LogP contribution is 2.29. The molecule has 0 heterocycles. The zero-order valence-corrected chi connectivity index (χ0v) is 15.3. The molecule has 0 saturated heterocycles. The van der Waals surface area contributed by atoms with Crippen molar-refractivity contribution >= 4 is 33.3 Å². The van der Waals surface area contributed by atoms with Gasteiger partial charge in [-0.1, -0.05) is 11.6 Å². The molecule has 134 valence electrons. The summed E-state index contributed by atoms with van der Waals surface area (Å²) in [5, 5.41) is 0.147. The number of rotatable bonds is 6. The van der Waals surface area contributed by atoms with Gasteiger partial charge in [0.25, 0.3) is 10.0 Å². The second-order valence-electron chi connectivity index (χ2n) is 4.80. The summed E-state index contributed by atoms with van der Waals surface area (Å²) in [6.07, 6.45) is 0. The predicted molar refractivity (Wildman–Crippen MR) is 93.1 cm³/mol. The molecular formula is C16H16ClNO6S. The van der Waals surface area contributed by atoms with Crippen molar-refractivity contribution in [1.82, 2.24) is 0 Å². The van der Waals surface area contributed by atoms with Crippen LogP contribution in [-0.2, 0) is 14.8 Å². The number of carbonyl (C=O) groups excluding carboxylic acids is 1. The minimum absolute atomic E-state index is 0.0185. The van der Waals surface area contributed by atoms with Crippen LogP contribution in [0.5, 0.6) is 11.5 Å². The Hall–Kier alpha value is -2.45. The van der Waals surface area contributed by atoms with Gasteiger partial charge in [0.05, 0.1) is 42.5 Å². The Balaban J connectivity index is 2.44. The smallest absolute Gasteiger partial charge is 0.340 e. The Morgan fingerprint density at radius 1 is 1.04 bits per heavy atom. The molecule has 9 heteroatoms. The van der Waals surface area contributed by atoms with Gasteiger partial charge in [0.15, 0.2) is 0 Å². The number of hydrogen-bond donors (Lipinski definition) is 1. The number of nitrogens with one attached hydrogen (secondary N) is 1. The van der Waals surface area contributed by atoms with Crippen molar-refractivity contribution in [3.63, 3.8) is 0 Å². The second kappa shape index (κ2) is 7.62. The molecule has 0 bridgehead atoms. The highest BCUT2D eigenvalue weighted by atomic mass is 35.5. The first kappa shape index (κ1) is 18.9. The number of carbonyl (C=O) groups is 1. The van der Waals surface area contributed by atoms with Gasteiger partial charge >= 0.3 is 5.97 Å². The molecule has 0 fully saturated rings. The molecule has 1 N–H and O–H groups in total. The van der Waals surface area contributed by atoms with Crippen LogP contribution in [0.15, 0.2) is 41.3 Å². The minimum atomic E-state index is -3.98. The fraction of sp³-hybridized carbons (Fsp3) is 0.188. The lowest BCUT2D eigenvalue weighted by atomic mass is 10.2. The Morgan fingerprint density at radius 2 is 1.76 bits per heavy atom. The Morgan fingerprint density at radius 3 is 2.32 bits per heavy atom. The summed E-state index contributed by atoms with van der Waals surface area (Å²) in [4.78, 5) is 11.8. The molecule has 0 saturated carbocycles. The standard InChI is InChI=1S/C16H16ClNO6S/c1-22-10-4-6-14(12(8-10)16(19)24-3)18-25(20,21)11-5-7-15(23-2)13(17)9-11/h4-9,18H,1-3H3. The summed E-state index contributed by atoms with van der Waals surface area (Å²) in [7, 11) is 0.0689. The van der Waals surface area contributed by atoms with Crippen LogP contribution in [0.2, 0.25) is 5.02 Å². The predicted octanol–water partition coefficient (Wildman–Crippen LogP) is 2.94. The van der Waals surface area contributed by atoms with E-state index < -0.39 is 16.0 Å². The third-order valence-corrected chi connectivity index (χ3v) is 4.97. The molecule has 0 amide bonds. The van der Waals surface area contributed by atoms with E-state index in [0.29, 0.717) is 11.5 Å². The minimum Gasteiger partial charge on any atom is -0.497 e. The number of sulfonamides is 1. The van der Waals surface area contributed by atoms with E-state index >= 15 is 0 Å². The number of esters is 1. The zero-order valence-electron chi connectivity index (χ0n) is 13.7. The number of hydrogen-bond acceptors (Lipinski definition) is 6. The first-order chi connectivity index (χ1) is 11.8. The van der Waals surface area contributed by atoms with Crippen molar-refractivity contribution in [3.05, 3.63) is 47.0 Å². The van der Waals surface area contributed by atoms with E-state index in [9.17, 15) is 13.2 Å². The van der Waals surface area contributed by atoms with Gasteiger partial charge in [0.1, 0.15) is 11.5 Å². The van der Waals surface area contributed by atoms with Gasteiger partial charge in [0, 0.05) is 0 Å². The largest absolute Gasteiger partial charge is 0.497 e. The average molecular weight is 386 g/mol. The monoisotopic (exact) mass is 385 g/mol. The highest BCUT2D eigenvalue weighted by molar-refractivity contribution is 7.92. The number of methoxy groups -OCH3 is 3. The van der Waals surface area contributed by atoms with Crippen LogP contribution in [-0.4, -0.2) is 35.7 Å². The van der Waals surface area contributed by atoms with Crippen LogP contribution < -0.4 is 14.2 Å². The molecule has 7 nitrogen and oxygen atoms in total. The van der Waals surface area contributed by atoms with Crippen molar-refractivity contribution in [1.29, 1.82) is 0 Å². The van der Waals surface area contributed by atoms with E-state index in [1.165, 1.54) is 57.7 Å². The number of ether oxygens (including phenoxy) is 3. The molecule has 2 aromatic carbocycles. The van der Waals surface area contributed by atoms with Crippen molar-refractivity contribution in [2.45, 2.75) is 4.90 Å². The van der Waals surface area contributed by atoms with Gasteiger partial charge in [-0.2, -0.15) is 0 Å². The third kappa shape index (κ3) is 4.15. The topological polar surface area (TPSA) is 90.9 Å². The fourth-order valence-electron chi connectivity index (χ4n) is 2.04. The highest BCUT2D eigenvalue weighted by Gasteiger charge is 2.21. The van der Waals surface area contributed by atoms with E-state index in [1.54, 1.807) is 0 Å². The van der Waals surface area contributed by atoms with Gasteiger partial charge in [0.2, 0.25) is 0 Å². The van der Waals surface area contributed by atoms with Crippen molar-refractivity contribution in [3.8, 4) is 11.5 Å². The molecule has 0 atom stereocenters. The normalized spacial score (nSPS) is 10.9. The molecule has 25 heavy (non-hydrogen) atoms. The van der Waals surface area contributed by atoms with Gasteiger partial charge in [-0.3, -0.25) is 4.72 Å². The van der Waals surface area contributed by atoms with E-state index in [1.807, 2.05) is 0 Å². The van der Waals surface area contributed by atoms with Crippen LogP contribution in [0.25, 0.3) is 0 Å². The summed E-state index contributed by atoms with van der Waals surface area (Å²) < 4.78 is 42.2. The number of benzene rings is 2.